The second kappa shape index (κ2) is 10.3. The number of primary amides is 1. The first-order valence-electron chi connectivity index (χ1n) is 9.98. The Morgan fingerprint density at radius 2 is 1.69 bits per heavy atom. The summed E-state index contributed by atoms with van der Waals surface area (Å²) in [5.41, 5.74) is 6.02. The van der Waals surface area contributed by atoms with E-state index in [-0.39, 0.29) is 24.3 Å². The number of sulfonamides is 1. The van der Waals surface area contributed by atoms with E-state index in [0.29, 0.717) is 5.75 Å². The SMILES string of the molecule is COc1ccc(CNC(=O)[C@@H](CCC(N)=O)NS(=O)(=O)c2ccc3ccccc3c2)cc1. The van der Waals surface area contributed by atoms with Gasteiger partial charge in [-0.1, -0.05) is 42.5 Å². The molecule has 0 aliphatic heterocycles. The zero-order valence-electron chi connectivity index (χ0n) is 17.6. The summed E-state index contributed by atoms with van der Waals surface area (Å²) < 4.78 is 33.4. The highest BCUT2D eigenvalue weighted by atomic mass is 32.2. The number of benzene rings is 3. The van der Waals surface area contributed by atoms with Gasteiger partial charge in [0.1, 0.15) is 11.8 Å². The number of amides is 2. The number of carbonyl (C=O) groups is 2. The Balaban J connectivity index is 1.75. The number of fused-ring (bicyclic) bond motifs is 1. The van der Waals surface area contributed by atoms with Crippen molar-refractivity contribution in [2.75, 3.05) is 7.11 Å². The van der Waals surface area contributed by atoms with E-state index < -0.39 is 27.9 Å². The van der Waals surface area contributed by atoms with Gasteiger partial charge in [0.2, 0.25) is 21.8 Å². The summed E-state index contributed by atoms with van der Waals surface area (Å²) >= 11 is 0. The third-order valence-electron chi connectivity index (χ3n) is 4.95. The summed E-state index contributed by atoms with van der Waals surface area (Å²) in [4.78, 5) is 24.0. The zero-order valence-corrected chi connectivity index (χ0v) is 18.4. The van der Waals surface area contributed by atoms with E-state index >= 15 is 0 Å². The lowest BCUT2D eigenvalue weighted by Crippen LogP contribution is -2.46. The van der Waals surface area contributed by atoms with E-state index in [2.05, 4.69) is 10.0 Å². The van der Waals surface area contributed by atoms with Crippen LogP contribution < -0.4 is 20.5 Å². The van der Waals surface area contributed by atoms with E-state index in [0.717, 1.165) is 16.3 Å². The number of nitrogens with one attached hydrogen (secondary N) is 2. The van der Waals surface area contributed by atoms with Crippen molar-refractivity contribution >= 4 is 32.6 Å². The Morgan fingerprint density at radius 1 is 1.00 bits per heavy atom. The summed E-state index contributed by atoms with van der Waals surface area (Å²) in [5, 5.41) is 4.36. The number of hydrogen-bond acceptors (Lipinski definition) is 5. The van der Waals surface area contributed by atoms with E-state index in [4.69, 9.17) is 10.5 Å². The summed E-state index contributed by atoms with van der Waals surface area (Å²) in [7, 11) is -2.46. The lowest BCUT2D eigenvalue weighted by atomic mass is 10.1. The monoisotopic (exact) mass is 455 g/mol. The highest BCUT2D eigenvalue weighted by Crippen LogP contribution is 2.19. The minimum Gasteiger partial charge on any atom is -0.497 e. The number of rotatable bonds is 10. The Hall–Kier alpha value is -3.43. The first-order valence-corrected chi connectivity index (χ1v) is 11.5. The molecule has 0 saturated heterocycles. The van der Waals surface area contributed by atoms with Gasteiger partial charge in [-0.25, -0.2) is 8.42 Å². The second-order valence-corrected chi connectivity index (χ2v) is 8.97. The van der Waals surface area contributed by atoms with Gasteiger partial charge in [-0.2, -0.15) is 4.72 Å². The van der Waals surface area contributed by atoms with Crippen molar-refractivity contribution in [1.82, 2.24) is 10.0 Å². The van der Waals surface area contributed by atoms with Crippen molar-refractivity contribution in [3.63, 3.8) is 0 Å². The van der Waals surface area contributed by atoms with Crippen molar-refractivity contribution in [3.8, 4) is 5.75 Å². The quantitative estimate of drug-likeness (QED) is 0.431. The third-order valence-corrected chi connectivity index (χ3v) is 6.42. The van der Waals surface area contributed by atoms with Gasteiger partial charge < -0.3 is 15.8 Å². The lowest BCUT2D eigenvalue weighted by molar-refractivity contribution is -0.123. The highest BCUT2D eigenvalue weighted by Gasteiger charge is 2.26. The molecule has 0 fully saturated rings. The predicted octanol–water partition coefficient (Wildman–Crippen LogP) is 2.08. The molecule has 3 aromatic rings. The highest BCUT2D eigenvalue weighted by molar-refractivity contribution is 7.89. The number of hydrogen-bond donors (Lipinski definition) is 3. The fourth-order valence-corrected chi connectivity index (χ4v) is 4.44. The molecule has 8 nitrogen and oxygen atoms in total. The molecule has 0 aliphatic rings. The van der Waals surface area contributed by atoms with Crippen LogP contribution in [0.2, 0.25) is 0 Å². The third kappa shape index (κ3) is 6.05. The van der Waals surface area contributed by atoms with Gasteiger partial charge in [-0.3, -0.25) is 9.59 Å². The second-order valence-electron chi connectivity index (χ2n) is 7.25. The molecule has 3 aromatic carbocycles. The van der Waals surface area contributed by atoms with E-state index in [9.17, 15) is 18.0 Å². The standard InChI is InChI=1S/C23H25N3O5S/c1-31-19-9-6-16(7-10-19)15-25-23(28)21(12-13-22(24)27)26-32(29,30)20-11-8-17-4-2-3-5-18(17)14-20/h2-11,14,21,26H,12-13,15H2,1H3,(H2,24,27)(H,25,28)/t21-/m1/s1. The summed E-state index contributed by atoms with van der Waals surface area (Å²) in [6.07, 6.45) is -0.197. The van der Waals surface area contributed by atoms with E-state index in [1.54, 1.807) is 43.5 Å². The van der Waals surface area contributed by atoms with Gasteiger partial charge in [-0.05, 0) is 47.0 Å². The molecular formula is C23H25N3O5S. The number of ether oxygens (including phenoxy) is 1. The van der Waals surface area contributed by atoms with Crippen LogP contribution in [-0.2, 0) is 26.2 Å². The van der Waals surface area contributed by atoms with Gasteiger partial charge in [0.15, 0.2) is 0 Å². The van der Waals surface area contributed by atoms with Crippen molar-refractivity contribution in [2.24, 2.45) is 5.73 Å². The normalized spacial score (nSPS) is 12.3. The van der Waals surface area contributed by atoms with Gasteiger partial charge >= 0.3 is 0 Å². The van der Waals surface area contributed by atoms with Crippen LogP contribution in [0, 0.1) is 0 Å². The first kappa shape index (κ1) is 23.2. The van der Waals surface area contributed by atoms with Crippen molar-refractivity contribution in [1.29, 1.82) is 0 Å². The van der Waals surface area contributed by atoms with Crippen molar-refractivity contribution in [2.45, 2.75) is 30.3 Å². The predicted molar refractivity (Wildman–Crippen MR) is 121 cm³/mol. The fraction of sp³-hybridized carbons (Fsp3) is 0.217. The molecule has 168 valence electrons. The largest absolute Gasteiger partial charge is 0.497 e. The molecule has 2 amide bonds. The molecule has 0 heterocycles. The molecule has 0 spiro atoms. The average molecular weight is 456 g/mol. The van der Waals surface area contributed by atoms with Crippen LogP contribution in [0.5, 0.6) is 5.75 Å². The minimum absolute atomic E-state index is 0.0308. The average Bonchev–Trinajstić information content (AvgIpc) is 2.80. The Bertz CT molecular complexity index is 1210. The van der Waals surface area contributed by atoms with E-state index in [1.165, 1.54) is 12.1 Å². The molecular weight excluding hydrogens is 430 g/mol. The summed E-state index contributed by atoms with van der Waals surface area (Å²) in [5.74, 6) is -0.489. The van der Waals surface area contributed by atoms with Crippen LogP contribution in [0.3, 0.4) is 0 Å². The smallest absolute Gasteiger partial charge is 0.241 e. The Kier molecular flexibility index (Phi) is 7.45. The molecule has 0 aromatic heterocycles. The van der Waals surface area contributed by atoms with Gasteiger partial charge in [0, 0.05) is 13.0 Å². The molecule has 0 aliphatic carbocycles. The van der Waals surface area contributed by atoms with Crippen LogP contribution in [0.25, 0.3) is 10.8 Å². The Labute approximate surface area is 186 Å². The number of nitrogens with two attached hydrogens (primary N) is 1. The topological polar surface area (TPSA) is 128 Å². The minimum atomic E-state index is -4.02. The van der Waals surface area contributed by atoms with Gasteiger partial charge in [-0.15, -0.1) is 0 Å². The van der Waals surface area contributed by atoms with Crippen molar-refractivity contribution < 1.29 is 22.7 Å². The molecule has 1 atom stereocenters. The maximum atomic E-state index is 13.0. The van der Waals surface area contributed by atoms with Crippen LogP contribution in [0.4, 0.5) is 0 Å². The molecule has 3 rings (SSSR count). The van der Waals surface area contributed by atoms with Crippen molar-refractivity contribution in [3.05, 3.63) is 72.3 Å². The first-order chi connectivity index (χ1) is 15.3. The number of carbonyl (C=O) groups excluding carboxylic acids is 2. The molecule has 0 unspecified atom stereocenters. The van der Waals surface area contributed by atoms with Crippen LogP contribution in [0.15, 0.2) is 71.6 Å². The molecule has 4 N–H and O–H groups in total. The molecule has 32 heavy (non-hydrogen) atoms. The van der Waals surface area contributed by atoms with Gasteiger partial charge in [0.05, 0.1) is 12.0 Å². The lowest BCUT2D eigenvalue weighted by Gasteiger charge is -2.18. The molecule has 0 saturated carbocycles. The maximum absolute atomic E-state index is 13.0. The van der Waals surface area contributed by atoms with E-state index in [1.807, 2.05) is 18.2 Å². The van der Waals surface area contributed by atoms with Gasteiger partial charge in [0.25, 0.3) is 0 Å². The van der Waals surface area contributed by atoms with Crippen LogP contribution in [-0.4, -0.2) is 33.4 Å². The molecule has 0 bridgehead atoms. The fourth-order valence-electron chi connectivity index (χ4n) is 3.18. The van der Waals surface area contributed by atoms with Crippen LogP contribution in [0.1, 0.15) is 18.4 Å². The molecule has 9 heteroatoms. The van der Waals surface area contributed by atoms with Crippen LogP contribution >= 0.6 is 0 Å². The maximum Gasteiger partial charge on any atom is 0.241 e. The Morgan fingerprint density at radius 3 is 2.34 bits per heavy atom. The zero-order chi connectivity index (χ0) is 23.1. The number of methoxy groups -OCH3 is 1. The molecule has 0 radical (unpaired) electrons. The summed E-state index contributed by atoms with van der Waals surface area (Å²) in [6, 6.07) is 18.0. The summed E-state index contributed by atoms with van der Waals surface area (Å²) in [6.45, 7) is 0.188.